The van der Waals surface area contributed by atoms with Crippen LogP contribution < -0.4 is 16.6 Å². The Balaban J connectivity index is 1.67. The van der Waals surface area contributed by atoms with Gasteiger partial charge in [0.15, 0.2) is 17.3 Å². The molecule has 3 aromatic heterocycles. The van der Waals surface area contributed by atoms with Gasteiger partial charge in [-0.1, -0.05) is 36.3 Å². The molecule has 8 heteroatoms. The smallest absolute Gasteiger partial charge is 0.250 e. The molecule has 0 radical (unpaired) electrons. The molecule has 0 amide bonds. The van der Waals surface area contributed by atoms with Crippen LogP contribution >= 0.6 is 0 Å². The SMILES string of the molecule is CCCn1cc(-c2cnc(N)c(-c3cc(-c4ccc(CNC)cc4)no3)n2)ccc1=O. The second-order valence-electron chi connectivity index (χ2n) is 7.24. The van der Waals surface area contributed by atoms with Gasteiger partial charge in [-0.3, -0.25) is 4.79 Å². The van der Waals surface area contributed by atoms with Gasteiger partial charge in [-0.2, -0.15) is 0 Å². The molecule has 0 atom stereocenters. The first-order chi connectivity index (χ1) is 15.1. The van der Waals surface area contributed by atoms with Crippen molar-refractivity contribution in [2.75, 3.05) is 12.8 Å². The quantitative estimate of drug-likeness (QED) is 0.475. The number of hydrogen-bond acceptors (Lipinski definition) is 7. The summed E-state index contributed by atoms with van der Waals surface area (Å²) < 4.78 is 7.20. The summed E-state index contributed by atoms with van der Waals surface area (Å²) in [5, 5.41) is 7.30. The van der Waals surface area contributed by atoms with E-state index in [2.05, 4.69) is 20.4 Å². The minimum absolute atomic E-state index is 0.0464. The highest BCUT2D eigenvalue weighted by Gasteiger charge is 2.16. The van der Waals surface area contributed by atoms with Crippen molar-refractivity contribution in [3.63, 3.8) is 0 Å². The van der Waals surface area contributed by atoms with E-state index in [1.54, 1.807) is 29.1 Å². The summed E-state index contributed by atoms with van der Waals surface area (Å²) in [5.74, 6) is 0.681. The summed E-state index contributed by atoms with van der Waals surface area (Å²) in [7, 11) is 1.91. The Bertz CT molecular complexity index is 1240. The molecule has 4 aromatic rings. The van der Waals surface area contributed by atoms with Crippen molar-refractivity contribution in [3.05, 3.63) is 70.8 Å². The Morgan fingerprint density at radius 1 is 1.10 bits per heavy atom. The molecule has 0 aliphatic carbocycles. The number of nitrogens with two attached hydrogens (primary N) is 1. The molecule has 0 saturated carbocycles. The van der Waals surface area contributed by atoms with Gasteiger partial charge in [0.05, 0.1) is 11.9 Å². The van der Waals surface area contributed by atoms with Crippen LogP contribution in [0.15, 0.2) is 64.2 Å². The fourth-order valence-corrected chi connectivity index (χ4v) is 3.34. The van der Waals surface area contributed by atoms with Gasteiger partial charge in [0.25, 0.3) is 5.56 Å². The predicted molar refractivity (Wildman–Crippen MR) is 120 cm³/mol. The molecule has 1 aromatic carbocycles. The fraction of sp³-hybridized carbons (Fsp3) is 0.217. The van der Waals surface area contributed by atoms with E-state index in [0.717, 1.165) is 24.1 Å². The van der Waals surface area contributed by atoms with E-state index in [1.165, 1.54) is 11.6 Å². The van der Waals surface area contributed by atoms with Gasteiger partial charge < -0.3 is 20.1 Å². The minimum Gasteiger partial charge on any atom is -0.382 e. The Kier molecular flexibility index (Phi) is 5.90. The first-order valence-corrected chi connectivity index (χ1v) is 10.1. The normalized spacial score (nSPS) is 11.0. The molecule has 3 heterocycles. The summed E-state index contributed by atoms with van der Waals surface area (Å²) in [6.07, 6.45) is 4.24. The highest BCUT2D eigenvalue weighted by molar-refractivity contribution is 5.72. The highest BCUT2D eigenvalue weighted by atomic mass is 16.5. The van der Waals surface area contributed by atoms with Crippen molar-refractivity contribution in [2.24, 2.45) is 0 Å². The number of nitrogens with one attached hydrogen (secondary N) is 1. The summed E-state index contributed by atoms with van der Waals surface area (Å²) in [6.45, 7) is 3.46. The first-order valence-electron chi connectivity index (χ1n) is 10.1. The van der Waals surface area contributed by atoms with Crippen molar-refractivity contribution in [1.82, 2.24) is 25.0 Å². The molecule has 0 saturated heterocycles. The summed E-state index contributed by atoms with van der Waals surface area (Å²) in [5.41, 5.74) is 10.6. The monoisotopic (exact) mass is 416 g/mol. The van der Waals surface area contributed by atoms with E-state index in [4.69, 9.17) is 10.3 Å². The average Bonchev–Trinajstić information content (AvgIpc) is 3.27. The van der Waals surface area contributed by atoms with Crippen LogP contribution in [0.25, 0.3) is 34.0 Å². The third-order valence-corrected chi connectivity index (χ3v) is 4.92. The summed E-state index contributed by atoms with van der Waals surface area (Å²) in [6, 6.07) is 13.1. The van der Waals surface area contributed by atoms with E-state index >= 15 is 0 Å². The molecule has 31 heavy (non-hydrogen) atoms. The maximum absolute atomic E-state index is 12.0. The van der Waals surface area contributed by atoms with Crippen LogP contribution in [0, 0.1) is 0 Å². The molecule has 0 aliphatic rings. The third-order valence-electron chi connectivity index (χ3n) is 4.92. The molecule has 8 nitrogen and oxygen atoms in total. The van der Waals surface area contributed by atoms with Gasteiger partial charge in [-0.05, 0) is 25.1 Å². The van der Waals surface area contributed by atoms with Crippen LogP contribution in [0.3, 0.4) is 0 Å². The number of rotatable bonds is 7. The van der Waals surface area contributed by atoms with Crippen molar-refractivity contribution < 1.29 is 4.52 Å². The van der Waals surface area contributed by atoms with Crippen LogP contribution in [-0.2, 0) is 13.1 Å². The van der Waals surface area contributed by atoms with E-state index < -0.39 is 0 Å². The molecular formula is C23H24N6O2. The number of nitrogen functional groups attached to an aromatic ring is 1. The molecule has 158 valence electrons. The number of pyridine rings is 1. The van der Waals surface area contributed by atoms with Gasteiger partial charge in [0, 0.05) is 42.5 Å². The highest BCUT2D eigenvalue weighted by Crippen LogP contribution is 2.29. The van der Waals surface area contributed by atoms with Crippen LogP contribution in [0.2, 0.25) is 0 Å². The molecular weight excluding hydrogens is 392 g/mol. The van der Waals surface area contributed by atoms with Crippen LogP contribution in [0.1, 0.15) is 18.9 Å². The number of hydrogen-bond donors (Lipinski definition) is 2. The third kappa shape index (κ3) is 4.39. The van der Waals surface area contributed by atoms with Crippen molar-refractivity contribution in [2.45, 2.75) is 26.4 Å². The Hall–Kier alpha value is -3.78. The van der Waals surface area contributed by atoms with Crippen LogP contribution in [0.4, 0.5) is 5.82 Å². The molecule has 0 fully saturated rings. The summed E-state index contributed by atoms with van der Waals surface area (Å²) >= 11 is 0. The standard InChI is InChI=1S/C23H24N6O2/c1-3-10-29-14-17(8-9-21(29)30)19-13-26-23(24)22(27-19)20-11-18(28-31-20)16-6-4-15(5-7-16)12-25-2/h4-9,11,13-14,25H,3,10,12H2,1-2H3,(H2,24,26). The van der Waals surface area contributed by atoms with Crippen molar-refractivity contribution >= 4 is 5.82 Å². The molecule has 3 N–H and O–H groups in total. The Morgan fingerprint density at radius 3 is 2.61 bits per heavy atom. The van der Waals surface area contributed by atoms with E-state index in [1.807, 2.05) is 38.2 Å². The van der Waals surface area contributed by atoms with E-state index in [0.29, 0.717) is 29.4 Å². The molecule has 0 spiro atoms. The lowest BCUT2D eigenvalue weighted by Gasteiger charge is -2.08. The maximum atomic E-state index is 12.0. The number of benzene rings is 1. The van der Waals surface area contributed by atoms with Crippen molar-refractivity contribution in [3.8, 4) is 34.0 Å². The molecule has 0 unspecified atom stereocenters. The van der Waals surface area contributed by atoms with E-state index in [-0.39, 0.29) is 11.4 Å². The molecule has 0 bridgehead atoms. The molecule has 0 aliphatic heterocycles. The lowest BCUT2D eigenvalue weighted by molar-refractivity contribution is 0.434. The minimum atomic E-state index is -0.0464. The van der Waals surface area contributed by atoms with Crippen molar-refractivity contribution in [1.29, 1.82) is 0 Å². The van der Waals surface area contributed by atoms with Gasteiger partial charge in [-0.15, -0.1) is 0 Å². The zero-order chi connectivity index (χ0) is 21.8. The van der Waals surface area contributed by atoms with Gasteiger partial charge >= 0.3 is 0 Å². The largest absolute Gasteiger partial charge is 0.382 e. The molecule has 4 rings (SSSR count). The van der Waals surface area contributed by atoms with E-state index in [9.17, 15) is 4.79 Å². The topological polar surface area (TPSA) is 112 Å². The summed E-state index contributed by atoms with van der Waals surface area (Å²) in [4.78, 5) is 20.9. The van der Waals surface area contributed by atoms with Crippen LogP contribution in [0.5, 0.6) is 0 Å². The Morgan fingerprint density at radius 2 is 1.87 bits per heavy atom. The van der Waals surface area contributed by atoms with Gasteiger partial charge in [0.2, 0.25) is 0 Å². The van der Waals surface area contributed by atoms with Gasteiger partial charge in [-0.25, -0.2) is 9.97 Å². The predicted octanol–water partition coefficient (Wildman–Crippen LogP) is 3.34. The van der Waals surface area contributed by atoms with Gasteiger partial charge in [0.1, 0.15) is 5.69 Å². The average molecular weight is 416 g/mol. The lowest BCUT2D eigenvalue weighted by Crippen LogP contribution is -2.18. The zero-order valence-electron chi connectivity index (χ0n) is 17.5. The van der Waals surface area contributed by atoms with Crippen LogP contribution in [-0.4, -0.2) is 26.7 Å². The Labute approximate surface area is 179 Å². The second kappa shape index (κ2) is 8.93. The number of anilines is 1. The zero-order valence-corrected chi connectivity index (χ0v) is 17.5. The first kappa shape index (κ1) is 20.5. The fourth-order valence-electron chi connectivity index (χ4n) is 3.34. The number of aromatic nitrogens is 4. The lowest BCUT2D eigenvalue weighted by atomic mass is 10.1. The second-order valence-corrected chi connectivity index (χ2v) is 7.24. The number of nitrogens with zero attached hydrogens (tertiary/aromatic N) is 4. The maximum Gasteiger partial charge on any atom is 0.250 e. The number of aryl methyl sites for hydroxylation is 1.